The van der Waals surface area contributed by atoms with Crippen LogP contribution in [0.15, 0.2) is 192 Å². The largest absolute Gasteiger partial charge is 0.456 e. The Bertz CT molecular complexity index is 2080. The second-order valence-corrected chi connectivity index (χ2v) is 11.4. The van der Waals surface area contributed by atoms with E-state index in [-0.39, 0.29) is 0 Å². The molecule has 2 nitrogen and oxygen atoms in total. The highest BCUT2D eigenvalue weighted by atomic mass is 16.3. The second kappa shape index (κ2) is 12.1. The minimum Gasteiger partial charge on any atom is -0.456 e. The van der Waals surface area contributed by atoms with Crippen molar-refractivity contribution in [2.45, 2.75) is 0 Å². The smallest absolute Gasteiger partial charge is 0.135 e. The summed E-state index contributed by atoms with van der Waals surface area (Å²) >= 11 is 0. The molecule has 8 rings (SSSR count). The van der Waals surface area contributed by atoms with Gasteiger partial charge in [0.15, 0.2) is 0 Å². The van der Waals surface area contributed by atoms with E-state index in [0.717, 1.165) is 44.9 Å². The first-order valence-corrected chi connectivity index (χ1v) is 15.6. The summed E-state index contributed by atoms with van der Waals surface area (Å²) in [4.78, 5) is 2.32. The summed E-state index contributed by atoms with van der Waals surface area (Å²) in [6.07, 6.45) is 0. The van der Waals surface area contributed by atoms with E-state index in [1.165, 1.54) is 27.8 Å². The first-order chi connectivity index (χ1) is 22.8. The number of benzene rings is 7. The van der Waals surface area contributed by atoms with Gasteiger partial charge in [0.1, 0.15) is 11.3 Å². The van der Waals surface area contributed by atoms with Gasteiger partial charge < -0.3 is 9.32 Å². The fourth-order valence-electron chi connectivity index (χ4n) is 6.07. The van der Waals surface area contributed by atoms with Gasteiger partial charge in [-0.15, -0.1) is 0 Å². The van der Waals surface area contributed by atoms with Gasteiger partial charge in [-0.2, -0.15) is 0 Å². The van der Waals surface area contributed by atoms with Crippen LogP contribution in [0, 0.1) is 0 Å². The Hall–Kier alpha value is -6.12. The van der Waals surface area contributed by atoms with Crippen LogP contribution in [0.1, 0.15) is 0 Å². The van der Waals surface area contributed by atoms with Crippen LogP contribution in [0.25, 0.3) is 55.7 Å². The molecule has 0 aliphatic rings. The zero-order chi connectivity index (χ0) is 30.7. The maximum atomic E-state index is 6.09. The number of para-hydroxylation sites is 1. The van der Waals surface area contributed by atoms with E-state index < -0.39 is 0 Å². The highest BCUT2D eigenvalue weighted by Gasteiger charge is 2.14. The highest BCUT2D eigenvalue weighted by molar-refractivity contribution is 5.84. The van der Waals surface area contributed by atoms with Crippen molar-refractivity contribution < 1.29 is 4.42 Å². The van der Waals surface area contributed by atoms with Crippen LogP contribution in [0.5, 0.6) is 0 Å². The van der Waals surface area contributed by atoms with Crippen molar-refractivity contribution in [1.29, 1.82) is 0 Å². The number of furan rings is 1. The number of fused-ring (bicyclic) bond motifs is 1. The van der Waals surface area contributed by atoms with E-state index in [4.69, 9.17) is 4.42 Å². The van der Waals surface area contributed by atoms with Gasteiger partial charge in [-0.1, -0.05) is 140 Å². The number of hydrogen-bond acceptors (Lipinski definition) is 2. The monoisotopic (exact) mass is 589 g/mol. The molecule has 1 aromatic heterocycles. The Morgan fingerprint density at radius 2 is 0.652 bits per heavy atom. The van der Waals surface area contributed by atoms with E-state index in [2.05, 4.69) is 175 Å². The van der Waals surface area contributed by atoms with Gasteiger partial charge in [-0.05, 0) is 81.9 Å². The van der Waals surface area contributed by atoms with Crippen LogP contribution >= 0.6 is 0 Å². The van der Waals surface area contributed by atoms with Crippen molar-refractivity contribution in [3.63, 3.8) is 0 Å². The zero-order valence-electron chi connectivity index (χ0n) is 25.3. The quantitative estimate of drug-likeness (QED) is 0.184. The summed E-state index contributed by atoms with van der Waals surface area (Å²) in [5, 5.41) is 1.12. The standard InChI is InChI=1S/C44H31NO/c1-3-9-32(10-4-1)35-19-25-40(26-20-35)45(41-27-21-36(22-28-41)33-11-5-2-6-12-33)42-29-23-37(24-30-42)34-15-17-38(18-16-34)44-31-39-13-7-8-14-43(39)46-44/h1-31H. The van der Waals surface area contributed by atoms with Crippen LogP contribution in [-0.4, -0.2) is 0 Å². The lowest BCUT2D eigenvalue weighted by Gasteiger charge is -2.26. The molecule has 0 N–H and O–H groups in total. The van der Waals surface area contributed by atoms with Crippen molar-refractivity contribution in [2.24, 2.45) is 0 Å². The van der Waals surface area contributed by atoms with E-state index in [9.17, 15) is 0 Å². The molecule has 218 valence electrons. The van der Waals surface area contributed by atoms with Gasteiger partial charge in [0.2, 0.25) is 0 Å². The minimum absolute atomic E-state index is 0.885. The van der Waals surface area contributed by atoms with E-state index in [1.54, 1.807) is 0 Å². The van der Waals surface area contributed by atoms with Crippen LogP contribution in [-0.2, 0) is 0 Å². The summed E-state index contributed by atoms with van der Waals surface area (Å²) < 4.78 is 6.09. The topological polar surface area (TPSA) is 16.4 Å². The van der Waals surface area contributed by atoms with E-state index in [1.807, 2.05) is 18.2 Å². The normalized spacial score (nSPS) is 11.0. The third-order valence-corrected chi connectivity index (χ3v) is 8.52. The Balaban J connectivity index is 1.11. The van der Waals surface area contributed by atoms with Gasteiger partial charge in [0.25, 0.3) is 0 Å². The van der Waals surface area contributed by atoms with E-state index >= 15 is 0 Å². The SMILES string of the molecule is c1ccc(-c2ccc(N(c3ccc(-c4ccccc4)cc3)c3ccc(-c4ccc(-c5cc6ccccc6o5)cc4)cc3)cc2)cc1. The van der Waals surface area contributed by atoms with Gasteiger partial charge >= 0.3 is 0 Å². The first kappa shape index (κ1) is 27.4. The van der Waals surface area contributed by atoms with Crippen LogP contribution in [0.2, 0.25) is 0 Å². The van der Waals surface area contributed by atoms with Crippen molar-refractivity contribution in [2.75, 3.05) is 4.90 Å². The predicted molar refractivity (Wildman–Crippen MR) is 193 cm³/mol. The molecule has 0 amide bonds. The van der Waals surface area contributed by atoms with Gasteiger partial charge in [0, 0.05) is 28.0 Å². The van der Waals surface area contributed by atoms with E-state index in [0.29, 0.717) is 0 Å². The third kappa shape index (κ3) is 5.49. The zero-order valence-corrected chi connectivity index (χ0v) is 25.3. The fraction of sp³-hybridized carbons (Fsp3) is 0. The van der Waals surface area contributed by atoms with Gasteiger partial charge in [-0.25, -0.2) is 0 Å². The lowest BCUT2D eigenvalue weighted by molar-refractivity contribution is 0.631. The van der Waals surface area contributed by atoms with Crippen LogP contribution in [0.4, 0.5) is 17.1 Å². The van der Waals surface area contributed by atoms with Crippen molar-refractivity contribution in [3.05, 3.63) is 188 Å². The number of anilines is 3. The highest BCUT2D eigenvalue weighted by Crippen LogP contribution is 2.38. The molecule has 0 fully saturated rings. The Kier molecular flexibility index (Phi) is 7.22. The molecule has 0 unspecified atom stereocenters. The minimum atomic E-state index is 0.885. The van der Waals surface area contributed by atoms with Crippen molar-refractivity contribution in [1.82, 2.24) is 0 Å². The summed E-state index contributed by atoms with van der Waals surface area (Å²) in [5.74, 6) is 0.885. The maximum Gasteiger partial charge on any atom is 0.135 e. The molecule has 0 radical (unpaired) electrons. The van der Waals surface area contributed by atoms with Crippen LogP contribution < -0.4 is 4.90 Å². The summed E-state index contributed by atoms with van der Waals surface area (Å²) in [5.41, 5.74) is 12.4. The molecule has 2 heteroatoms. The predicted octanol–water partition coefficient (Wildman–Crippen LogP) is 12.6. The van der Waals surface area contributed by atoms with Crippen molar-refractivity contribution in [3.8, 4) is 44.7 Å². The number of rotatable bonds is 7. The average Bonchev–Trinajstić information content (AvgIpc) is 3.58. The molecule has 0 spiro atoms. The molecule has 0 aliphatic heterocycles. The number of nitrogens with zero attached hydrogens (tertiary/aromatic N) is 1. The summed E-state index contributed by atoms with van der Waals surface area (Å²) in [6, 6.07) is 66.3. The Morgan fingerprint density at radius 3 is 1.09 bits per heavy atom. The molecule has 1 heterocycles. The molecule has 8 aromatic rings. The number of hydrogen-bond donors (Lipinski definition) is 0. The molecule has 46 heavy (non-hydrogen) atoms. The Labute approximate surface area is 269 Å². The Morgan fingerprint density at radius 1 is 0.304 bits per heavy atom. The average molecular weight is 590 g/mol. The molecule has 0 aliphatic carbocycles. The third-order valence-electron chi connectivity index (χ3n) is 8.52. The molecule has 0 saturated heterocycles. The molecule has 0 bridgehead atoms. The van der Waals surface area contributed by atoms with Gasteiger partial charge in [-0.3, -0.25) is 0 Å². The van der Waals surface area contributed by atoms with Crippen molar-refractivity contribution >= 4 is 28.0 Å². The molecular weight excluding hydrogens is 558 g/mol. The van der Waals surface area contributed by atoms with Crippen LogP contribution in [0.3, 0.4) is 0 Å². The molecule has 0 saturated carbocycles. The first-order valence-electron chi connectivity index (χ1n) is 15.6. The lowest BCUT2D eigenvalue weighted by atomic mass is 10.0. The second-order valence-electron chi connectivity index (χ2n) is 11.4. The summed E-state index contributed by atoms with van der Waals surface area (Å²) in [6.45, 7) is 0. The summed E-state index contributed by atoms with van der Waals surface area (Å²) in [7, 11) is 0. The lowest BCUT2D eigenvalue weighted by Crippen LogP contribution is -2.09. The molecule has 7 aromatic carbocycles. The fourth-order valence-corrected chi connectivity index (χ4v) is 6.07. The maximum absolute atomic E-state index is 6.09. The molecular formula is C44H31NO. The molecule has 0 atom stereocenters. The van der Waals surface area contributed by atoms with Gasteiger partial charge in [0.05, 0.1) is 0 Å².